The third-order valence-corrected chi connectivity index (χ3v) is 8.55. The number of aryl methyl sites for hydroxylation is 4. The van der Waals surface area contributed by atoms with Crippen molar-refractivity contribution in [3.05, 3.63) is 41.5 Å². The van der Waals surface area contributed by atoms with E-state index in [2.05, 4.69) is 31.7 Å². The third kappa shape index (κ3) is 4.70. The summed E-state index contributed by atoms with van der Waals surface area (Å²) in [5.41, 5.74) is 11.3. The van der Waals surface area contributed by atoms with Crippen molar-refractivity contribution in [2.75, 3.05) is 18.8 Å². The number of oxazole rings is 1. The molecule has 1 aliphatic heterocycles. The summed E-state index contributed by atoms with van der Waals surface area (Å²) in [5.74, 6) is 2.39. The summed E-state index contributed by atoms with van der Waals surface area (Å²) in [5, 5.41) is 0.823. The lowest BCUT2D eigenvalue weighted by Gasteiger charge is -2.32. The minimum Gasteiger partial charge on any atom is -0.441 e. The third-order valence-electron chi connectivity index (χ3n) is 7.50. The number of carbonyl (C=O) groups excluding carboxylic acids is 1. The maximum Gasteiger partial charge on any atom is 0.227 e. The summed E-state index contributed by atoms with van der Waals surface area (Å²) in [7, 11) is 0. The number of anilines is 1. The Labute approximate surface area is 219 Å². The molecule has 1 amide bonds. The number of rotatable bonds is 6. The number of benzene rings is 1. The summed E-state index contributed by atoms with van der Waals surface area (Å²) < 4.78 is 8.10. The van der Waals surface area contributed by atoms with Crippen molar-refractivity contribution in [1.82, 2.24) is 29.4 Å². The predicted molar refractivity (Wildman–Crippen MR) is 142 cm³/mol. The number of imidazole rings is 1. The first-order valence-corrected chi connectivity index (χ1v) is 13.8. The number of hydrogen-bond acceptors (Lipinski definition) is 8. The number of likely N-dealkylation sites (tertiary alicyclic amines) is 1. The van der Waals surface area contributed by atoms with E-state index in [1.165, 1.54) is 17.5 Å². The molecule has 1 atom stereocenters. The fourth-order valence-corrected chi connectivity index (χ4v) is 6.62. The number of piperidine rings is 1. The number of amides is 1. The van der Waals surface area contributed by atoms with Crippen LogP contribution in [0.25, 0.3) is 22.6 Å². The summed E-state index contributed by atoms with van der Waals surface area (Å²) in [6.45, 7) is 5.97. The molecule has 0 saturated carbocycles. The highest BCUT2D eigenvalue weighted by Crippen LogP contribution is 2.40. The van der Waals surface area contributed by atoms with Gasteiger partial charge in [0.2, 0.25) is 11.8 Å². The van der Waals surface area contributed by atoms with Crippen LogP contribution in [-0.4, -0.2) is 48.4 Å². The van der Waals surface area contributed by atoms with Crippen molar-refractivity contribution in [3.63, 3.8) is 0 Å². The van der Waals surface area contributed by atoms with E-state index in [1.807, 2.05) is 11.8 Å². The van der Waals surface area contributed by atoms with Gasteiger partial charge < -0.3 is 19.6 Å². The van der Waals surface area contributed by atoms with Gasteiger partial charge in [-0.15, -0.1) is 0 Å². The van der Waals surface area contributed by atoms with Gasteiger partial charge in [-0.25, -0.2) is 19.9 Å². The van der Waals surface area contributed by atoms with Gasteiger partial charge in [0.25, 0.3) is 0 Å². The molecule has 9 nitrogen and oxygen atoms in total. The van der Waals surface area contributed by atoms with Crippen molar-refractivity contribution in [2.45, 2.75) is 69.0 Å². The van der Waals surface area contributed by atoms with Gasteiger partial charge in [0.1, 0.15) is 12.1 Å². The molecule has 0 radical (unpaired) electrons. The van der Waals surface area contributed by atoms with Gasteiger partial charge in [-0.2, -0.15) is 0 Å². The average Bonchev–Trinajstić information content (AvgIpc) is 3.61. The Morgan fingerprint density at radius 2 is 2.03 bits per heavy atom. The second-order valence-corrected chi connectivity index (χ2v) is 11.1. The number of carbonyl (C=O) groups is 1. The zero-order chi connectivity index (χ0) is 25.5. The van der Waals surface area contributed by atoms with Crippen molar-refractivity contribution in [1.29, 1.82) is 0 Å². The van der Waals surface area contributed by atoms with Gasteiger partial charge >= 0.3 is 0 Å². The van der Waals surface area contributed by atoms with E-state index in [4.69, 9.17) is 15.1 Å². The van der Waals surface area contributed by atoms with Crippen LogP contribution < -0.4 is 5.73 Å². The van der Waals surface area contributed by atoms with Crippen LogP contribution in [0.3, 0.4) is 0 Å². The van der Waals surface area contributed by atoms with E-state index in [0.717, 1.165) is 85.2 Å². The number of nitrogen functional groups attached to an aromatic ring is 1. The minimum absolute atomic E-state index is 0.153. The Morgan fingerprint density at radius 1 is 1.19 bits per heavy atom. The summed E-state index contributed by atoms with van der Waals surface area (Å²) in [6, 6.07) is 4.50. The molecule has 192 valence electrons. The maximum atomic E-state index is 11.9. The van der Waals surface area contributed by atoms with E-state index >= 15 is 0 Å². The highest BCUT2D eigenvalue weighted by molar-refractivity contribution is 7.99. The molecule has 4 aromatic rings. The van der Waals surface area contributed by atoms with E-state index in [0.29, 0.717) is 23.1 Å². The first kappa shape index (κ1) is 24.0. The van der Waals surface area contributed by atoms with Crippen LogP contribution in [0.15, 0.2) is 39.1 Å². The number of fused-ring (bicyclic) bond motifs is 2. The maximum absolute atomic E-state index is 11.9. The molecule has 1 aromatic carbocycles. The SMILES string of the molecule is CC(=O)N1CCCC(CCn2c(Sc3cc4c(cc3-c3ncc(C)o3)CCC4)nc3c(N)ncnc32)C1. The van der Waals surface area contributed by atoms with Crippen LogP contribution in [-0.2, 0) is 24.2 Å². The fraction of sp³-hybridized carbons (Fsp3) is 0.444. The molecule has 1 unspecified atom stereocenters. The second-order valence-electron chi connectivity index (χ2n) is 10.1. The van der Waals surface area contributed by atoms with Gasteiger partial charge in [0, 0.05) is 31.5 Å². The molecule has 4 heterocycles. The Kier molecular flexibility index (Phi) is 6.36. The number of nitrogens with zero attached hydrogens (tertiary/aromatic N) is 6. The quantitative estimate of drug-likeness (QED) is 0.393. The first-order valence-electron chi connectivity index (χ1n) is 12.9. The van der Waals surface area contributed by atoms with E-state index in [9.17, 15) is 4.79 Å². The molecule has 1 fully saturated rings. The van der Waals surface area contributed by atoms with Crippen LogP contribution in [0.4, 0.5) is 5.82 Å². The monoisotopic (exact) mass is 517 g/mol. The predicted octanol–water partition coefficient (Wildman–Crippen LogP) is 4.66. The lowest BCUT2D eigenvalue weighted by Crippen LogP contribution is -2.38. The van der Waals surface area contributed by atoms with Crippen molar-refractivity contribution < 1.29 is 9.21 Å². The Balaban J connectivity index is 1.36. The molecule has 6 rings (SSSR count). The van der Waals surface area contributed by atoms with Crippen molar-refractivity contribution in [2.24, 2.45) is 5.92 Å². The van der Waals surface area contributed by atoms with Crippen LogP contribution in [0.2, 0.25) is 0 Å². The number of hydrogen-bond donors (Lipinski definition) is 1. The van der Waals surface area contributed by atoms with Gasteiger partial charge in [-0.05, 0) is 74.6 Å². The largest absolute Gasteiger partial charge is 0.441 e. The second kappa shape index (κ2) is 9.81. The van der Waals surface area contributed by atoms with Crippen LogP contribution in [0, 0.1) is 12.8 Å². The van der Waals surface area contributed by atoms with Gasteiger partial charge in [0.15, 0.2) is 22.1 Å². The van der Waals surface area contributed by atoms with E-state index in [-0.39, 0.29) is 5.91 Å². The Bertz CT molecular complexity index is 1480. The molecule has 3 aromatic heterocycles. The molecular weight excluding hydrogens is 486 g/mol. The zero-order valence-electron chi connectivity index (χ0n) is 21.2. The normalized spacial score (nSPS) is 17.5. The minimum atomic E-state index is 0.153. The first-order chi connectivity index (χ1) is 18.0. The standard InChI is InChI=1S/C27H31N7O2S/c1-16-13-29-26(36-16)21-11-19-6-3-7-20(19)12-22(21)37-27-32-23-24(28)30-15-31-25(23)34(27)10-8-18-5-4-9-33(14-18)17(2)35/h11-13,15,18H,3-10,14H2,1-2H3,(H2,28,30,31). The topological polar surface area (TPSA) is 116 Å². The van der Waals surface area contributed by atoms with E-state index < -0.39 is 0 Å². The van der Waals surface area contributed by atoms with Crippen molar-refractivity contribution >= 4 is 34.7 Å². The van der Waals surface area contributed by atoms with E-state index in [1.54, 1.807) is 24.9 Å². The highest BCUT2D eigenvalue weighted by Gasteiger charge is 2.25. The van der Waals surface area contributed by atoms with Gasteiger partial charge in [-0.3, -0.25) is 4.79 Å². The summed E-state index contributed by atoms with van der Waals surface area (Å²) in [6.07, 6.45) is 9.68. The van der Waals surface area contributed by atoms with Gasteiger partial charge in [0.05, 0.1) is 11.8 Å². The molecule has 2 N–H and O–H groups in total. The Morgan fingerprint density at radius 3 is 2.81 bits per heavy atom. The van der Waals surface area contributed by atoms with Crippen LogP contribution in [0.1, 0.15) is 49.5 Å². The Hall–Kier alpha value is -3.40. The molecule has 1 aliphatic carbocycles. The number of aromatic nitrogens is 5. The zero-order valence-corrected chi connectivity index (χ0v) is 22.1. The highest BCUT2D eigenvalue weighted by atomic mass is 32.2. The molecule has 37 heavy (non-hydrogen) atoms. The average molecular weight is 518 g/mol. The van der Waals surface area contributed by atoms with Crippen LogP contribution >= 0.6 is 11.8 Å². The molecule has 10 heteroatoms. The lowest BCUT2D eigenvalue weighted by molar-refractivity contribution is -0.130. The molecule has 2 aliphatic rings. The molecule has 0 bridgehead atoms. The van der Waals surface area contributed by atoms with Crippen LogP contribution in [0.5, 0.6) is 0 Å². The smallest absolute Gasteiger partial charge is 0.227 e. The molecular formula is C27H31N7O2S. The molecule has 0 spiro atoms. The fourth-order valence-electron chi connectivity index (χ4n) is 5.54. The van der Waals surface area contributed by atoms with Crippen molar-refractivity contribution in [3.8, 4) is 11.5 Å². The molecule has 1 saturated heterocycles. The summed E-state index contributed by atoms with van der Waals surface area (Å²) in [4.78, 5) is 33.1. The number of nitrogens with two attached hydrogens (primary N) is 1. The lowest BCUT2D eigenvalue weighted by atomic mass is 9.95. The summed E-state index contributed by atoms with van der Waals surface area (Å²) >= 11 is 1.60. The van der Waals surface area contributed by atoms with Gasteiger partial charge in [-0.1, -0.05) is 11.8 Å².